The second-order valence-corrected chi connectivity index (χ2v) is 3.08. The van der Waals surface area contributed by atoms with Crippen molar-refractivity contribution in [1.82, 2.24) is 0 Å². The summed E-state index contributed by atoms with van der Waals surface area (Å²) >= 11 is 0. The van der Waals surface area contributed by atoms with Gasteiger partial charge < -0.3 is 0 Å². The molecule has 0 rings (SSSR count). The van der Waals surface area contributed by atoms with E-state index in [1.807, 2.05) is 0 Å². The van der Waals surface area contributed by atoms with Crippen LogP contribution in [-0.2, 0) is 0 Å². The summed E-state index contributed by atoms with van der Waals surface area (Å²) in [4.78, 5) is 0. The molecule has 0 saturated carbocycles. The fraction of sp³-hybridized carbons (Fsp3) is 0.538. The normalized spacial score (nSPS) is 12.5. The molecule has 74 valence electrons. The molecule has 0 N–H and O–H groups in total. The summed E-state index contributed by atoms with van der Waals surface area (Å²) < 4.78 is 0. The number of unbranched alkanes of at least 4 members (excludes halogenated alkanes) is 1. The number of hydrogen-bond donors (Lipinski definition) is 0. The first-order valence-electron chi connectivity index (χ1n) is 5.36. The second-order valence-electron chi connectivity index (χ2n) is 3.08. The maximum absolute atomic E-state index is 2.26. The van der Waals surface area contributed by atoms with Gasteiger partial charge in [-0.05, 0) is 25.7 Å². The van der Waals surface area contributed by atoms with E-state index in [0.29, 0.717) is 0 Å². The molecule has 0 heteroatoms. The van der Waals surface area contributed by atoms with E-state index < -0.39 is 0 Å². The monoisotopic (exact) mass is 178 g/mol. The van der Waals surface area contributed by atoms with Crippen LogP contribution in [0.25, 0.3) is 0 Å². The SMILES string of the molecule is CC/C=C/C/C=C/C/C=C/CCC. The minimum Gasteiger partial charge on any atom is -0.0885 e. The van der Waals surface area contributed by atoms with Gasteiger partial charge in [0.2, 0.25) is 0 Å². The van der Waals surface area contributed by atoms with Crippen LogP contribution in [0, 0.1) is 0 Å². The van der Waals surface area contributed by atoms with E-state index >= 15 is 0 Å². The third-order valence-corrected chi connectivity index (χ3v) is 1.74. The third-order valence-electron chi connectivity index (χ3n) is 1.74. The quantitative estimate of drug-likeness (QED) is 0.498. The molecule has 0 aliphatic carbocycles. The van der Waals surface area contributed by atoms with Crippen LogP contribution in [0.5, 0.6) is 0 Å². The minimum atomic E-state index is 1.08. The summed E-state index contributed by atoms with van der Waals surface area (Å²) in [6.07, 6.45) is 19.1. The van der Waals surface area contributed by atoms with Crippen LogP contribution in [0.15, 0.2) is 36.5 Å². The molecule has 0 atom stereocenters. The first kappa shape index (κ1) is 12.2. The topological polar surface area (TPSA) is 0 Å². The average molecular weight is 178 g/mol. The van der Waals surface area contributed by atoms with E-state index in [1.54, 1.807) is 0 Å². The zero-order chi connectivity index (χ0) is 9.78. The van der Waals surface area contributed by atoms with Crippen molar-refractivity contribution in [2.75, 3.05) is 0 Å². The van der Waals surface area contributed by atoms with Gasteiger partial charge in [-0.1, -0.05) is 56.7 Å². The smallest absolute Gasteiger partial charge is 0.0169 e. The van der Waals surface area contributed by atoms with Gasteiger partial charge in [-0.15, -0.1) is 0 Å². The van der Waals surface area contributed by atoms with Crippen LogP contribution in [0.1, 0.15) is 46.0 Å². The Balaban J connectivity index is 3.26. The van der Waals surface area contributed by atoms with Crippen molar-refractivity contribution >= 4 is 0 Å². The van der Waals surface area contributed by atoms with Crippen molar-refractivity contribution < 1.29 is 0 Å². The summed E-state index contributed by atoms with van der Waals surface area (Å²) in [6, 6.07) is 0. The Morgan fingerprint density at radius 3 is 1.77 bits per heavy atom. The highest BCUT2D eigenvalue weighted by molar-refractivity contribution is 4.96. The summed E-state index contributed by atoms with van der Waals surface area (Å²) in [5.41, 5.74) is 0. The Labute approximate surface area is 83.0 Å². The zero-order valence-electron chi connectivity index (χ0n) is 9.00. The Morgan fingerprint density at radius 1 is 0.692 bits per heavy atom. The molecule has 0 bridgehead atoms. The van der Waals surface area contributed by atoms with Gasteiger partial charge in [0, 0.05) is 0 Å². The number of hydrogen-bond acceptors (Lipinski definition) is 0. The van der Waals surface area contributed by atoms with Crippen molar-refractivity contribution in [2.24, 2.45) is 0 Å². The summed E-state index contributed by atoms with van der Waals surface area (Å²) in [6.45, 7) is 4.36. The molecule has 0 nitrogen and oxygen atoms in total. The van der Waals surface area contributed by atoms with Gasteiger partial charge in [0.15, 0.2) is 0 Å². The molecule has 0 saturated heterocycles. The van der Waals surface area contributed by atoms with Crippen LogP contribution in [0.2, 0.25) is 0 Å². The molecule has 0 aromatic carbocycles. The van der Waals surface area contributed by atoms with E-state index in [1.165, 1.54) is 12.8 Å². The van der Waals surface area contributed by atoms with Gasteiger partial charge in [-0.25, -0.2) is 0 Å². The second kappa shape index (κ2) is 11.2. The minimum absolute atomic E-state index is 1.08. The molecule has 0 fully saturated rings. The van der Waals surface area contributed by atoms with Crippen LogP contribution < -0.4 is 0 Å². The molecule has 0 amide bonds. The molecular formula is C13H22. The van der Waals surface area contributed by atoms with Gasteiger partial charge in [0.25, 0.3) is 0 Å². The zero-order valence-corrected chi connectivity index (χ0v) is 9.00. The van der Waals surface area contributed by atoms with E-state index in [9.17, 15) is 0 Å². The van der Waals surface area contributed by atoms with Crippen LogP contribution in [0.3, 0.4) is 0 Å². The Bertz CT molecular complexity index is 161. The predicted octanol–water partition coefficient (Wildman–Crippen LogP) is 4.65. The summed E-state index contributed by atoms with van der Waals surface area (Å²) in [5, 5.41) is 0. The molecule has 0 unspecified atom stereocenters. The van der Waals surface area contributed by atoms with Crippen molar-refractivity contribution in [3.63, 3.8) is 0 Å². The highest BCUT2D eigenvalue weighted by Gasteiger charge is 1.73. The third kappa shape index (κ3) is 11.2. The van der Waals surface area contributed by atoms with Gasteiger partial charge in [-0.2, -0.15) is 0 Å². The predicted molar refractivity (Wildman–Crippen MR) is 61.9 cm³/mol. The Kier molecular flexibility index (Phi) is 10.5. The van der Waals surface area contributed by atoms with Gasteiger partial charge in [0.1, 0.15) is 0 Å². The fourth-order valence-corrected chi connectivity index (χ4v) is 0.993. The Morgan fingerprint density at radius 2 is 1.23 bits per heavy atom. The lowest BCUT2D eigenvalue weighted by Crippen LogP contribution is -1.63. The molecule has 0 aromatic heterocycles. The standard InChI is InChI=1S/C13H22/c1-3-5-7-9-11-13-12-10-8-6-4-2/h5,7-8,10-11,13H,3-4,6,9,12H2,1-2H3/b7-5+,10-8+,13-11+. The highest BCUT2D eigenvalue weighted by Crippen LogP contribution is 1.94. The Hall–Kier alpha value is -0.780. The largest absolute Gasteiger partial charge is 0.0885 e. The van der Waals surface area contributed by atoms with E-state index in [-0.39, 0.29) is 0 Å². The fourth-order valence-electron chi connectivity index (χ4n) is 0.993. The average Bonchev–Trinajstić information content (AvgIpc) is 2.16. The lowest BCUT2D eigenvalue weighted by atomic mass is 10.2. The lowest BCUT2D eigenvalue weighted by molar-refractivity contribution is 0.954. The van der Waals surface area contributed by atoms with Gasteiger partial charge in [0.05, 0.1) is 0 Å². The van der Waals surface area contributed by atoms with E-state index in [0.717, 1.165) is 19.3 Å². The first-order chi connectivity index (χ1) is 6.41. The lowest BCUT2D eigenvalue weighted by Gasteiger charge is -1.84. The van der Waals surface area contributed by atoms with E-state index in [4.69, 9.17) is 0 Å². The molecule has 0 aromatic rings. The molecule has 0 spiro atoms. The van der Waals surface area contributed by atoms with Crippen molar-refractivity contribution in [3.8, 4) is 0 Å². The van der Waals surface area contributed by atoms with E-state index in [2.05, 4.69) is 50.3 Å². The molecule has 0 heterocycles. The molecule has 13 heavy (non-hydrogen) atoms. The molecule has 0 aliphatic heterocycles. The van der Waals surface area contributed by atoms with Crippen molar-refractivity contribution in [3.05, 3.63) is 36.5 Å². The van der Waals surface area contributed by atoms with Crippen LogP contribution in [0.4, 0.5) is 0 Å². The number of rotatable bonds is 7. The first-order valence-corrected chi connectivity index (χ1v) is 5.36. The highest BCUT2D eigenvalue weighted by atomic mass is 13.8. The van der Waals surface area contributed by atoms with Crippen molar-refractivity contribution in [2.45, 2.75) is 46.0 Å². The molecule has 0 aliphatic rings. The summed E-state index contributed by atoms with van der Waals surface area (Å²) in [5.74, 6) is 0. The molecule has 0 radical (unpaired) electrons. The maximum atomic E-state index is 2.26. The summed E-state index contributed by atoms with van der Waals surface area (Å²) in [7, 11) is 0. The maximum Gasteiger partial charge on any atom is -0.0169 e. The van der Waals surface area contributed by atoms with Crippen LogP contribution >= 0.6 is 0 Å². The van der Waals surface area contributed by atoms with Gasteiger partial charge in [-0.3, -0.25) is 0 Å². The molecular weight excluding hydrogens is 156 g/mol. The number of allylic oxidation sites excluding steroid dienone is 6. The van der Waals surface area contributed by atoms with Crippen molar-refractivity contribution in [1.29, 1.82) is 0 Å². The van der Waals surface area contributed by atoms with Crippen LogP contribution in [-0.4, -0.2) is 0 Å². The van der Waals surface area contributed by atoms with Gasteiger partial charge >= 0.3 is 0 Å².